The van der Waals surface area contributed by atoms with Crippen LogP contribution in [0.3, 0.4) is 0 Å². The van der Waals surface area contributed by atoms with Crippen LogP contribution in [-0.4, -0.2) is 46.9 Å². The van der Waals surface area contributed by atoms with Crippen LogP contribution < -0.4 is 24.8 Å². The SMILES string of the molecule is CCNC(=NCCCc1ccc(OC)c(OC)c1)NCCc1ccccc1OC.I. The van der Waals surface area contributed by atoms with Gasteiger partial charge in [0.2, 0.25) is 0 Å². The summed E-state index contributed by atoms with van der Waals surface area (Å²) >= 11 is 0. The first kappa shape index (κ1) is 25.9. The van der Waals surface area contributed by atoms with Gasteiger partial charge in [-0.05, 0) is 55.5 Å². The Hall–Kier alpha value is -2.16. The molecule has 0 aliphatic heterocycles. The summed E-state index contributed by atoms with van der Waals surface area (Å²) in [6.07, 6.45) is 2.77. The molecule has 0 amide bonds. The van der Waals surface area contributed by atoms with Crippen LogP contribution in [0.15, 0.2) is 47.5 Å². The van der Waals surface area contributed by atoms with Crippen molar-refractivity contribution in [2.45, 2.75) is 26.2 Å². The van der Waals surface area contributed by atoms with Gasteiger partial charge in [-0.2, -0.15) is 0 Å². The van der Waals surface area contributed by atoms with E-state index in [4.69, 9.17) is 14.2 Å². The molecule has 166 valence electrons. The predicted octanol–water partition coefficient (Wildman–Crippen LogP) is 4.06. The smallest absolute Gasteiger partial charge is 0.191 e. The highest BCUT2D eigenvalue weighted by atomic mass is 127. The molecule has 0 bridgehead atoms. The number of nitrogens with one attached hydrogen (secondary N) is 2. The molecule has 6 nitrogen and oxygen atoms in total. The summed E-state index contributed by atoms with van der Waals surface area (Å²) in [5, 5.41) is 6.70. The number of benzene rings is 2. The molecule has 2 aromatic carbocycles. The lowest BCUT2D eigenvalue weighted by Crippen LogP contribution is -2.38. The fourth-order valence-electron chi connectivity index (χ4n) is 3.08. The first-order valence-corrected chi connectivity index (χ1v) is 10.1. The summed E-state index contributed by atoms with van der Waals surface area (Å²) in [5.41, 5.74) is 2.40. The van der Waals surface area contributed by atoms with E-state index in [-0.39, 0.29) is 24.0 Å². The fourth-order valence-corrected chi connectivity index (χ4v) is 3.08. The van der Waals surface area contributed by atoms with Gasteiger partial charge < -0.3 is 24.8 Å². The van der Waals surface area contributed by atoms with E-state index in [1.807, 2.05) is 30.3 Å². The van der Waals surface area contributed by atoms with Gasteiger partial charge in [0, 0.05) is 19.6 Å². The molecule has 0 spiro atoms. The minimum Gasteiger partial charge on any atom is -0.496 e. The zero-order valence-electron chi connectivity index (χ0n) is 18.4. The highest BCUT2D eigenvalue weighted by Crippen LogP contribution is 2.27. The second-order valence-corrected chi connectivity index (χ2v) is 6.54. The molecule has 30 heavy (non-hydrogen) atoms. The molecule has 0 unspecified atom stereocenters. The number of para-hydroxylation sites is 1. The van der Waals surface area contributed by atoms with Crippen LogP contribution in [0.5, 0.6) is 17.2 Å². The predicted molar refractivity (Wildman–Crippen MR) is 134 cm³/mol. The maximum absolute atomic E-state index is 5.41. The van der Waals surface area contributed by atoms with Crippen molar-refractivity contribution in [1.29, 1.82) is 0 Å². The first-order chi connectivity index (χ1) is 14.2. The Balaban J connectivity index is 0.00000450. The second-order valence-electron chi connectivity index (χ2n) is 6.54. The molecule has 0 fully saturated rings. The average Bonchev–Trinajstić information content (AvgIpc) is 2.76. The van der Waals surface area contributed by atoms with E-state index < -0.39 is 0 Å². The molecule has 2 N–H and O–H groups in total. The number of halogens is 1. The van der Waals surface area contributed by atoms with Crippen molar-refractivity contribution in [3.63, 3.8) is 0 Å². The maximum Gasteiger partial charge on any atom is 0.191 e. The number of aryl methyl sites for hydroxylation is 1. The number of nitrogens with zero attached hydrogens (tertiary/aromatic N) is 1. The number of methoxy groups -OCH3 is 3. The monoisotopic (exact) mass is 527 g/mol. The van der Waals surface area contributed by atoms with Gasteiger partial charge in [-0.25, -0.2) is 0 Å². The Labute approximate surface area is 197 Å². The van der Waals surface area contributed by atoms with Crippen LogP contribution in [0.1, 0.15) is 24.5 Å². The lowest BCUT2D eigenvalue weighted by Gasteiger charge is -2.13. The summed E-state index contributed by atoms with van der Waals surface area (Å²) < 4.78 is 16.1. The van der Waals surface area contributed by atoms with Gasteiger partial charge in [-0.1, -0.05) is 24.3 Å². The maximum atomic E-state index is 5.41. The van der Waals surface area contributed by atoms with E-state index in [1.54, 1.807) is 21.3 Å². The largest absolute Gasteiger partial charge is 0.496 e. The van der Waals surface area contributed by atoms with Crippen LogP contribution in [-0.2, 0) is 12.8 Å². The molecular formula is C23H34IN3O3. The quantitative estimate of drug-likeness (QED) is 0.200. The Kier molecular flexibility index (Phi) is 12.7. The molecule has 0 saturated carbocycles. The summed E-state index contributed by atoms with van der Waals surface area (Å²) in [5.74, 6) is 3.28. The zero-order chi connectivity index (χ0) is 20.9. The summed E-state index contributed by atoms with van der Waals surface area (Å²) in [4.78, 5) is 4.69. The first-order valence-electron chi connectivity index (χ1n) is 10.1. The van der Waals surface area contributed by atoms with E-state index >= 15 is 0 Å². The van der Waals surface area contributed by atoms with E-state index in [2.05, 4.69) is 34.7 Å². The van der Waals surface area contributed by atoms with Gasteiger partial charge in [0.1, 0.15) is 5.75 Å². The number of rotatable bonds is 11. The third-order valence-corrected chi connectivity index (χ3v) is 4.56. The van der Waals surface area contributed by atoms with E-state index in [0.29, 0.717) is 0 Å². The molecular weight excluding hydrogens is 493 g/mol. The molecule has 0 aliphatic rings. The van der Waals surface area contributed by atoms with Crippen molar-refractivity contribution in [3.05, 3.63) is 53.6 Å². The average molecular weight is 527 g/mol. The lowest BCUT2D eigenvalue weighted by molar-refractivity contribution is 0.354. The number of hydrogen-bond donors (Lipinski definition) is 2. The molecule has 7 heteroatoms. The number of aliphatic imine (C=N–C) groups is 1. The van der Waals surface area contributed by atoms with Gasteiger partial charge in [-0.15, -0.1) is 24.0 Å². The van der Waals surface area contributed by atoms with Gasteiger partial charge in [-0.3, -0.25) is 4.99 Å². The fraction of sp³-hybridized carbons (Fsp3) is 0.435. The number of ether oxygens (including phenoxy) is 3. The highest BCUT2D eigenvalue weighted by molar-refractivity contribution is 14.0. The molecule has 0 atom stereocenters. The topological polar surface area (TPSA) is 64.1 Å². The van der Waals surface area contributed by atoms with Crippen molar-refractivity contribution >= 4 is 29.9 Å². The zero-order valence-corrected chi connectivity index (χ0v) is 20.7. The van der Waals surface area contributed by atoms with Crippen LogP contribution in [0.2, 0.25) is 0 Å². The number of guanidine groups is 1. The van der Waals surface area contributed by atoms with E-state index in [1.165, 1.54) is 11.1 Å². The standard InChI is InChI=1S/C23H33N3O3.HI/c1-5-24-23(26-16-14-19-10-6-7-11-20(19)27-2)25-15-8-9-18-12-13-21(28-3)22(17-18)29-4;/h6-7,10-13,17H,5,8-9,14-16H2,1-4H3,(H2,24,25,26);1H. The van der Waals surface area contributed by atoms with Crippen molar-refractivity contribution in [2.24, 2.45) is 4.99 Å². The van der Waals surface area contributed by atoms with E-state index in [9.17, 15) is 0 Å². The number of hydrogen-bond acceptors (Lipinski definition) is 4. The van der Waals surface area contributed by atoms with Crippen molar-refractivity contribution in [1.82, 2.24) is 10.6 Å². The van der Waals surface area contributed by atoms with Crippen molar-refractivity contribution in [3.8, 4) is 17.2 Å². The van der Waals surface area contributed by atoms with Gasteiger partial charge >= 0.3 is 0 Å². The van der Waals surface area contributed by atoms with Crippen molar-refractivity contribution in [2.75, 3.05) is 41.0 Å². The second kappa shape index (κ2) is 14.8. The van der Waals surface area contributed by atoms with Crippen LogP contribution in [0.4, 0.5) is 0 Å². The van der Waals surface area contributed by atoms with E-state index in [0.717, 1.165) is 62.1 Å². The Morgan fingerprint density at radius 1 is 0.867 bits per heavy atom. The highest BCUT2D eigenvalue weighted by Gasteiger charge is 2.05. The third-order valence-electron chi connectivity index (χ3n) is 4.56. The molecule has 0 aliphatic carbocycles. The molecule has 0 aromatic heterocycles. The minimum atomic E-state index is 0. The molecule has 0 radical (unpaired) electrons. The van der Waals surface area contributed by atoms with Crippen molar-refractivity contribution < 1.29 is 14.2 Å². The van der Waals surface area contributed by atoms with Crippen LogP contribution in [0.25, 0.3) is 0 Å². The lowest BCUT2D eigenvalue weighted by atomic mass is 10.1. The Morgan fingerprint density at radius 2 is 1.60 bits per heavy atom. The molecule has 0 saturated heterocycles. The van der Waals surface area contributed by atoms with Gasteiger partial charge in [0.25, 0.3) is 0 Å². The normalized spacial score (nSPS) is 10.7. The summed E-state index contributed by atoms with van der Waals surface area (Å²) in [6.45, 7) is 4.44. The molecule has 2 rings (SSSR count). The Bertz CT molecular complexity index is 784. The third kappa shape index (κ3) is 8.30. The Morgan fingerprint density at radius 3 is 2.30 bits per heavy atom. The molecule has 2 aromatic rings. The minimum absolute atomic E-state index is 0. The molecule has 0 heterocycles. The van der Waals surface area contributed by atoms with Crippen LogP contribution >= 0.6 is 24.0 Å². The van der Waals surface area contributed by atoms with Gasteiger partial charge in [0.05, 0.1) is 21.3 Å². The van der Waals surface area contributed by atoms with Crippen LogP contribution in [0, 0.1) is 0 Å². The summed E-state index contributed by atoms with van der Waals surface area (Å²) in [6, 6.07) is 14.1. The van der Waals surface area contributed by atoms with Gasteiger partial charge in [0.15, 0.2) is 17.5 Å². The summed E-state index contributed by atoms with van der Waals surface area (Å²) in [7, 11) is 5.01.